The van der Waals surface area contributed by atoms with Gasteiger partial charge >= 0.3 is 5.97 Å². The van der Waals surface area contributed by atoms with Gasteiger partial charge in [0.25, 0.3) is 0 Å². The van der Waals surface area contributed by atoms with E-state index >= 15 is 0 Å². The van der Waals surface area contributed by atoms with Crippen molar-refractivity contribution in [1.29, 1.82) is 0 Å². The number of anilines is 1. The molecule has 0 atom stereocenters. The minimum atomic E-state index is -1.06. The summed E-state index contributed by atoms with van der Waals surface area (Å²) in [6.45, 7) is 3.51. The summed E-state index contributed by atoms with van der Waals surface area (Å²) in [5.74, 6) is -0.454. The number of nitrogens with one attached hydrogen (secondary N) is 1. The largest absolute Gasteiger partial charge is 0.481 e. The third-order valence-electron chi connectivity index (χ3n) is 3.73. The van der Waals surface area contributed by atoms with Crippen LogP contribution in [0.4, 0.5) is 5.69 Å². The van der Waals surface area contributed by atoms with Gasteiger partial charge in [-0.05, 0) is 36.2 Å². The second-order valence-electron chi connectivity index (χ2n) is 6.53. The summed E-state index contributed by atoms with van der Waals surface area (Å²) in [6, 6.07) is 12.9. The SMILES string of the molecule is CC(C)CC(=O)Nc1ccc(OCC(=O)O)c(-c2nc3ccccc3s2)c1. The number of carboxylic acids is 1. The van der Waals surface area contributed by atoms with E-state index in [1.54, 1.807) is 18.2 Å². The van der Waals surface area contributed by atoms with Crippen LogP contribution in [0.2, 0.25) is 0 Å². The number of hydrogen-bond acceptors (Lipinski definition) is 5. The van der Waals surface area contributed by atoms with Crippen LogP contribution in [0, 0.1) is 5.92 Å². The Kier molecular flexibility index (Phi) is 5.71. The quantitative estimate of drug-likeness (QED) is 0.630. The Balaban J connectivity index is 1.97. The van der Waals surface area contributed by atoms with Crippen molar-refractivity contribution in [3.05, 3.63) is 42.5 Å². The van der Waals surface area contributed by atoms with Gasteiger partial charge in [-0.25, -0.2) is 9.78 Å². The van der Waals surface area contributed by atoms with Crippen molar-refractivity contribution in [2.24, 2.45) is 5.92 Å². The number of ether oxygens (including phenoxy) is 1. The number of benzene rings is 2. The van der Waals surface area contributed by atoms with Crippen LogP contribution in [0.3, 0.4) is 0 Å². The molecule has 3 rings (SSSR count). The van der Waals surface area contributed by atoms with Gasteiger partial charge in [-0.2, -0.15) is 0 Å². The summed E-state index contributed by atoms with van der Waals surface area (Å²) in [5.41, 5.74) is 2.13. The summed E-state index contributed by atoms with van der Waals surface area (Å²) in [4.78, 5) is 27.6. The Morgan fingerprint density at radius 3 is 2.70 bits per heavy atom. The van der Waals surface area contributed by atoms with Gasteiger partial charge in [0.15, 0.2) is 6.61 Å². The topological polar surface area (TPSA) is 88.5 Å². The lowest BCUT2D eigenvalue weighted by Crippen LogP contribution is -2.14. The molecule has 2 N–H and O–H groups in total. The van der Waals surface area contributed by atoms with E-state index in [1.807, 2.05) is 38.1 Å². The number of fused-ring (bicyclic) bond motifs is 1. The normalized spacial score (nSPS) is 10.9. The number of aromatic nitrogens is 1. The third kappa shape index (κ3) is 4.83. The number of amides is 1. The Morgan fingerprint density at radius 2 is 2.00 bits per heavy atom. The monoisotopic (exact) mass is 384 g/mol. The third-order valence-corrected chi connectivity index (χ3v) is 4.80. The first-order chi connectivity index (χ1) is 12.9. The van der Waals surface area contributed by atoms with Crippen molar-refractivity contribution in [2.75, 3.05) is 11.9 Å². The standard InChI is InChI=1S/C20H20N2O4S/c1-12(2)9-18(23)21-13-7-8-16(26-11-19(24)25)14(10-13)20-22-15-5-3-4-6-17(15)27-20/h3-8,10,12H,9,11H2,1-2H3,(H,21,23)(H,24,25). The summed E-state index contributed by atoms with van der Waals surface area (Å²) in [6.07, 6.45) is 0.424. The molecule has 1 amide bonds. The Hall–Kier alpha value is -2.93. The van der Waals surface area contributed by atoms with E-state index < -0.39 is 12.6 Å². The molecule has 0 spiro atoms. The molecule has 0 bridgehead atoms. The Morgan fingerprint density at radius 1 is 1.22 bits per heavy atom. The van der Waals surface area contributed by atoms with Gasteiger partial charge in [-0.3, -0.25) is 4.79 Å². The van der Waals surface area contributed by atoms with Gasteiger partial charge in [0.1, 0.15) is 10.8 Å². The van der Waals surface area contributed by atoms with Crippen LogP contribution in [-0.4, -0.2) is 28.6 Å². The van der Waals surface area contributed by atoms with Crippen molar-refractivity contribution in [3.63, 3.8) is 0 Å². The number of rotatable bonds is 7. The lowest BCUT2D eigenvalue weighted by atomic mass is 10.1. The Labute approximate surface area is 160 Å². The van der Waals surface area contributed by atoms with Gasteiger partial charge in [-0.1, -0.05) is 26.0 Å². The molecule has 0 saturated carbocycles. The summed E-state index contributed by atoms with van der Waals surface area (Å²) in [5, 5.41) is 12.5. The van der Waals surface area contributed by atoms with Crippen LogP contribution < -0.4 is 10.1 Å². The molecule has 1 heterocycles. The van der Waals surface area contributed by atoms with Crippen molar-refractivity contribution >= 4 is 39.1 Å². The first-order valence-corrected chi connectivity index (χ1v) is 9.38. The molecule has 1 aromatic heterocycles. The number of thiazole rings is 1. The zero-order valence-corrected chi connectivity index (χ0v) is 15.9. The first-order valence-electron chi connectivity index (χ1n) is 8.57. The van der Waals surface area contributed by atoms with Crippen molar-refractivity contribution in [3.8, 4) is 16.3 Å². The summed E-state index contributed by atoms with van der Waals surface area (Å²) >= 11 is 1.49. The summed E-state index contributed by atoms with van der Waals surface area (Å²) < 4.78 is 6.45. The minimum absolute atomic E-state index is 0.0699. The van der Waals surface area contributed by atoms with Crippen molar-refractivity contribution in [2.45, 2.75) is 20.3 Å². The van der Waals surface area contributed by atoms with Gasteiger partial charge in [0.2, 0.25) is 5.91 Å². The van der Waals surface area contributed by atoms with Crippen LogP contribution >= 0.6 is 11.3 Å². The van der Waals surface area contributed by atoms with Gasteiger partial charge in [0.05, 0.1) is 15.8 Å². The molecule has 7 heteroatoms. The zero-order valence-electron chi connectivity index (χ0n) is 15.1. The molecule has 3 aromatic rings. The Bertz CT molecular complexity index is 948. The number of para-hydroxylation sites is 1. The van der Waals surface area contributed by atoms with Gasteiger partial charge < -0.3 is 15.2 Å². The molecule has 27 heavy (non-hydrogen) atoms. The van der Waals surface area contributed by atoms with Gasteiger partial charge in [0, 0.05) is 12.1 Å². The predicted molar refractivity (Wildman–Crippen MR) is 106 cm³/mol. The minimum Gasteiger partial charge on any atom is -0.481 e. The fourth-order valence-electron chi connectivity index (χ4n) is 2.61. The van der Waals surface area contributed by atoms with E-state index in [0.29, 0.717) is 28.4 Å². The zero-order chi connectivity index (χ0) is 19.4. The maximum Gasteiger partial charge on any atom is 0.341 e. The molecular weight excluding hydrogens is 364 g/mol. The molecule has 0 aliphatic heterocycles. The van der Waals surface area contributed by atoms with E-state index in [4.69, 9.17) is 9.84 Å². The second kappa shape index (κ2) is 8.18. The molecule has 0 unspecified atom stereocenters. The van der Waals surface area contributed by atoms with Crippen molar-refractivity contribution in [1.82, 2.24) is 4.98 Å². The maximum absolute atomic E-state index is 12.1. The number of carbonyl (C=O) groups excluding carboxylic acids is 1. The lowest BCUT2D eigenvalue weighted by molar-refractivity contribution is -0.139. The number of hydrogen-bond donors (Lipinski definition) is 2. The van der Waals surface area contributed by atoms with Crippen molar-refractivity contribution < 1.29 is 19.4 Å². The molecule has 0 radical (unpaired) electrons. The van der Waals surface area contributed by atoms with E-state index in [0.717, 1.165) is 10.2 Å². The van der Waals surface area contributed by atoms with Crippen LogP contribution in [0.5, 0.6) is 5.75 Å². The summed E-state index contributed by atoms with van der Waals surface area (Å²) in [7, 11) is 0. The lowest BCUT2D eigenvalue weighted by Gasteiger charge is -2.12. The average molecular weight is 384 g/mol. The molecular formula is C20H20N2O4S. The molecule has 0 aliphatic rings. The molecule has 0 fully saturated rings. The molecule has 0 saturated heterocycles. The molecule has 6 nitrogen and oxygen atoms in total. The maximum atomic E-state index is 12.1. The van der Waals surface area contributed by atoms with Crippen LogP contribution in [-0.2, 0) is 9.59 Å². The average Bonchev–Trinajstić information content (AvgIpc) is 3.03. The van der Waals surface area contributed by atoms with Gasteiger partial charge in [-0.15, -0.1) is 11.3 Å². The van der Waals surface area contributed by atoms with E-state index in [9.17, 15) is 9.59 Å². The van der Waals surface area contributed by atoms with Crippen LogP contribution in [0.25, 0.3) is 20.8 Å². The number of aliphatic carboxylic acids is 1. The van der Waals surface area contributed by atoms with E-state index in [2.05, 4.69) is 10.3 Å². The highest BCUT2D eigenvalue weighted by Gasteiger charge is 2.15. The number of carbonyl (C=O) groups is 2. The fraction of sp³-hybridized carbons (Fsp3) is 0.250. The fourth-order valence-corrected chi connectivity index (χ4v) is 3.60. The van der Waals surface area contributed by atoms with E-state index in [-0.39, 0.29) is 11.8 Å². The predicted octanol–water partition coefficient (Wildman–Crippen LogP) is 4.41. The van der Waals surface area contributed by atoms with Crippen LogP contribution in [0.15, 0.2) is 42.5 Å². The number of nitrogens with zero attached hydrogens (tertiary/aromatic N) is 1. The molecule has 0 aliphatic carbocycles. The van der Waals surface area contributed by atoms with E-state index in [1.165, 1.54) is 11.3 Å². The highest BCUT2D eigenvalue weighted by atomic mass is 32.1. The smallest absolute Gasteiger partial charge is 0.341 e. The highest BCUT2D eigenvalue weighted by Crippen LogP contribution is 2.37. The molecule has 140 valence electrons. The highest BCUT2D eigenvalue weighted by molar-refractivity contribution is 7.21. The second-order valence-corrected chi connectivity index (χ2v) is 7.56. The first kappa shape index (κ1) is 18.8. The number of carboxylic acid groups (broad SMARTS) is 1. The van der Waals surface area contributed by atoms with Crippen LogP contribution in [0.1, 0.15) is 20.3 Å². The molecule has 2 aromatic carbocycles.